The van der Waals surface area contributed by atoms with Gasteiger partial charge >= 0.3 is 0 Å². The lowest BCUT2D eigenvalue weighted by molar-refractivity contribution is 0.398. The summed E-state index contributed by atoms with van der Waals surface area (Å²) < 4.78 is 0. The first-order valence-electron chi connectivity index (χ1n) is 5.75. The van der Waals surface area contributed by atoms with Crippen LogP contribution in [0.5, 0.6) is 0 Å². The Morgan fingerprint density at radius 2 is 2.00 bits per heavy atom. The second-order valence-corrected chi connectivity index (χ2v) is 4.22. The monoisotopic (exact) mass is 207 g/mol. The third-order valence-electron chi connectivity index (χ3n) is 2.36. The van der Waals surface area contributed by atoms with Crippen LogP contribution in [0.3, 0.4) is 0 Å². The normalized spacial score (nSPS) is 12.5. The highest BCUT2D eigenvalue weighted by molar-refractivity contribution is 5.21. The molecule has 0 aliphatic carbocycles. The van der Waals surface area contributed by atoms with Crippen molar-refractivity contribution in [1.29, 1.82) is 0 Å². The maximum absolute atomic E-state index is 3.98. The largest absolute Gasteiger partial charge is 0.371 e. The number of hydrogen-bond donors (Lipinski definition) is 0. The van der Waals surface area contributed by atoms with Crippen molar-refractivity contribution in [3.05, 3.63) is 36.1 Å². The Bertz CT molecular complexity index is 246. The van der Waals surface area contributed by atoms with Crippen LogP contribution in [0.2, 0.25) is 0 Å². The summed E-state index contributed by atoms with van der Waals surface area (Å²) in [6, 6.07) is 0. The molecule has 1 heteroatoms. The Hall–Kier alpha value is -0.980. The summed E-state index contributed by atoms with van der Waals surface area (Å²) in [7, 11) is 0. The Balaban J connectivity index is 4.39. The highest BCUT2D eigenvalue weighted by atomic mass is 15.1. The van der Waals surface area contributed by atoms with Gasteiger partial charge in [-0.05, 0) is 32.3 Å². The molecule has 15 heavy (non-hydrogen) atoms. The fraction of sp³-hybridized carbons (Fsp3) is 0.571. The average Bonchev–Trinajstić information content (AvgIpc) is 2.17. The summed E-state index contributed by atoms with van der Waals surface area (Å²) in [5.41, 5.74) is 2.49. The molecule has 0 saturated heterocycles. The molecular weight excluding hydrogens is 182 g/mol. The van der Waals surface area contributed by atoms with Crippen LogP contribution < -0.4 is 0 Å². The van der Waals surface area contributed by atoms with Crippen molar-refractivity contribution in [3.63, 3.8) is 0 Å². The quantitative estimate of drug-likeness (QED) is 0.595. The van der Waals surface area contributed by atoms with Gasteiger partial charge in [0.25, 0.3) is 0 Å². The summed E-state index contributed by atoms with van der Waals surface area (Å²) >= 11 is 0. The van der Waals surface area contributed by atoms with Crippen molar-refractivity contribution >= 4 is 0 Å². The molecule has 0 amide bonds. The Morgan fingerprint density at radius 3 is 2.33 bits per heavy atom. The Kier molecular flexibility index (Phi) is 6.85. The maximum Gasteiger partial charge on any atom is 0.0422 e. The molecule has 0 heterocycles. The van der Waals surface area contributed by atoms with Crippen LogP contribution >= 0.6 is 0 Å². The third kappa shape index (κ3) is 6.16. The number of allylic oxidation sites excluding steroid dienone is 3. The maximum atomic E-state index is 3.98. The SMILES string of the molecule is C=C(C)N(CC)CC(/C=C\C(C)C)=C/C. The molecule has 0 fully saturated rings. The summed E-state index contributed by atoms with van der Waals surface area (Å²) in [4.78, 5) is 2.28. The van der Waals surface area contributed by atoms with Gasteiger partial charge in [-0.15, -0.1) is 0 Å². The molecule has 0 saturated carbocycles. The van der Waals surface area contributed by atoms with Gasteiger partial charge in [-0.3, -0.25) is 0 Å². The topological polar surface area (TPSA) is 3.24 Å². The van der Waals surface area contributed by atoms with E-state index in [1.807, 2.05) is 0 Å². The van der Waals surface area contributed by atoms with E-state index in [2.05, 4.69) is 64.3 Å². The molecule has 0 radical (unpaired) electrons. The lowest BCUT2D eigenvalue weighted by atomic mass is 10.1. The van der Waals surface area contributed by atoms with Crippen LogP contribution in [0.15, 0.2) is 36.1 Å². The number of rotatable bonds is 6. The summed E-state index contributed by atoms with van der Waals surface area (Å²) in [5, 5.41) is 0. The fourth-order valence-electron chi connectivity index (χ4n) is 1.29. The predicted octanol–water partition coefficient (Wildman–Crippen LogP) is 4.00. The van der Waals surface area contributed by atoms with E-state index in [-0.39, 0.29) is 0 Å². The zero-order valence-corrected chi connectivity index (χ0v) is 10.9. The first-order valence-corrected chi connectivity index (χ1v) is 5.75. The van der Waals surface area contributed by atoms with E-state index in [9.17, 15) is 0 Å². The van der Waals surface area contributed by atoms with Crippen molar-refractivity contribution in [1.82, 2.24) is 4.90 Å². The molecule has 0 aliphatic heterocycles. The molecule has 0 N–H and O–H groups in total. The zero-order chi connectivity index (χ0) is 11.8. The van der Waals surface area contributed by atoms with E-state index in [0.717, 1.165) is 18.8 Å². The minimum atomic E-state index is 0.611. The van der Waals surface area contributed by atoms with E-state index < -0.39 is 0 Å². The Labute approximate surface area is 95.2 Å². The Morgan fingerprint density at radius 1 is 1.40 bits per heavy atom. The predicted molar refractivity (Wildman–Crippen MR) is 69.8 cm³/mol. The minimum Gasteiger partial charge on any atom is -0.371 e. The summed E-state index contributed by atoms with van der Waals surface area (Å²) in [6.07, 6.45) is 6.63. The molecule has 0 aromatic carbocycles. The number of nitrogens with zero attached hydrogens (tertiary/aromatic N) is 1. The van der Waals surface area contributed by atoms with Gasteiger partial charge < -0.3 is 4.90 Å². The first kappa shape index (κ1) is 14.0. The fourth-order valence-corrected chi connectivity index (χ4v) is 1.29. The van der Waals surface area contributed by atoms with Gasteiger partial charge in [-0.25, -0.2) is 0 Å². The van der Waals surface area contributed by atoms with E-state index >= 15 is 0 Å². The van der Waals surface area contributed by atoms with Crippen LogP contribution in [0.4, 0.5) is 0 Å². The van der Waals surface area contributed by atoms with Crippen molar-refractivity contribution in [3.8, 4) is 0 Å². The minimum absolute atomic E-state index is 0.611. The van der Waals surface area contributed by atoms with E-state index in [4.69, 9.17) is 0 Å². The lowest BCUT2D eigenvalue weighted by Gasteiger charge is -2.23. The molecule has 0 unspecified atom stereocenters. The highest BCUT2D eigenvalue weighted by Gasteiger charge is 2.02. The average molecular weight is 207 g/mol. The van der Waals surface area contributed by atoms with Crippen molar-refractivity contribution < 1.29 is 0 Å². The number of hydrogen-bond acceptors (Lipinski definition) is 1. The third-order valence-corrected chi connectivity index (χ3v) is 2.36. The van der Waals surface area contributed by atoms with Crippen LogP contribution in [-0.4, -0.2) is 18.0 Å². The van der Waals surface area contributed by atoms with Gasteiger partial charge in [0, 0.05) is 18.8 Å². The van der Waals surface area contributed by atoms with Gasteiger partial charge in [0.1, 0.15) is 0 Å². The molecule has 86 valence electrons. The highest BCUT2D eigenvalue weighted by Crippen LogP contribution is 2.08. The first-order chi connectivity index (χ1) is 7.01. The molecule has 0 rings (SSSR count). The molecule has 0 aromatic heterocycles. The van der Waals surface area contributed by atoms with Crippen LogP contribution in [0, 0.1) is 5.92 Å². The molecule has 0 atom stereocenters. The second kappa shape index (κ2) is 7.33. The second-order valence-electron chi connectivity index (χ2n) is 4.22. The zero-order valence-electron chi connectivity index (χ0n) is 10.9. The molecular formula is C14H25N. The lowest BCUT2D eigenvalue weighted by Crippen LogP contribution is -2.22. The van der Waals surface area contributed by atoms with Gasteiger partial charge in [-0.1, -0.05) is 38.7 Å². The molecule has 0 aromatic rings. The van der Waals surface area contributed by atoms with E-state index in [0.29, 0.717) is 5.92 Å². The van der Waals surface area contributed by atoms with Gasteiger partial charge in [0.15, 0.2) is 0 Å². The van der Waals surface area contributed by atoms with Crippen molar-refractivity contribution in [2.45, 2.75) is 34.6 Å². The number of likely N-dealkylation sites (N-methyl/N-ethyl adjacent to an activating group) is 1. The molecule has 0 aliphatic rings. The summed E-state index contributed by atoms with van der Waals surface area (Å²) in [5.74, 6) is 0.611. The van der Waals surface area contributed by atoms with E-state index in [1.54, 1.807) is 0 Å². The summed E-state index contributed by atoms with van der Waals surface area (Å²) in [6.45, 7) is 16.7. The van der Waals surface area contributed by atoms with Crippen LogP contribution in [-0.2, 0) is 0 Å². The van der Waals surface area contributed by atoms with Gasteiger partial charge in [0.05, 0.1) is 0 Å². The van der Waals surface area contributed by atoms with E-state index in [1.165, 1.54) is 5.57 Å². The van der Waals surface area contributed by atoms with Crippen molar-refractivity contribution in [2.24, 2.45) is 5.92 Å². The van der Waals surface area contributed by atoms with Gasteiger partial charge in [0.2, 0.25) is 0 Å². The molecule has 0 spiro atoms. The smallest absolute Gasteiger partial charge is 0.0422 e. The van der Waals surface area contributed by atoms with Gasteiger partial charge in [-0.2, -0.15) is 0 Å². The van der Waals surface area contributed by atoms with Crippen molar-refractivity contribution in [2.75, 3.05) is 13.1 Å². The molecule has 0 bridgehead atoms. The standard InChI is InChI=1S/C14H25N/c1-7-14(10-9-12(3)4)11-15(8-2)13(5)6/h7,9-10,12H,5,8,11H2,1-4,6H3/b10-9-,14-7+. The molecule has 1 nitrogen and oxygen atoms in total. The van der Waals surface area contributed by atoms with Crippen LogP contribution in [0.1, 0.15) is 34.6 Å². The van der Waals surface area contributed by atoms with Crippen LogP contribution in [0.25, 0.3) is 0 Å².